The minimum absolute atomic E-state index is 0.736. The van der Waals surface area contributed by atoms with Gasteiger partial charge in [0, 0.05) is 25.5 Å². The van der Waals surface area contributed by atoms with Gasteiger partial charge in [0.25, 0.3) is 0 Å². The zero-order valence-corrected chi connectivity index (χ0v) is 9.81. The zero-order valence-electron chi connectivity index (χ0n) is 9.81. The van der Waals surface area contributed by atoms with Gasteiger partial charge in [-0.1, -0.05) is 6.92 Å². The maximum atomic E-state index is 5.40. The Hall–Kier alpha value is -0.760. The summed E-state index contributed by atoms with van der Waals surface area (Å²) in [5.41, 5.74) is 4.41. The van der Waals surface area contributed by atoms with Crippen molar-refractivity contribution >= 4 is 0 Å². The number of hydrogen-bond donors (Lipinski definition) is 1. The highest BCUT2D eigenvalue weighted by Crippen LogP contribution is 2.23. The summed E-state index contributed by atoms with van der Waals surface area (Å²) in [5.74, 6) is 0.736. The molecule has 2 aliphatic heterocycles. The van der Waals surface area contributed by atoms with Crippen LogP contribution in [0.25, 0.3) is 0 Å². The van der Waals surface area contributed by atoms with E-state index in [9.17, 15) is 0 Å². The first-order valence-electron chi connectivity index (χ1n) is 6.00. The van der Waals surface area contributed by atoms with Crippen LogP contribution in [0.1, 0.15) is 33.1 Å². The van der Waals surface area contributed by atoms with Crippen LogP contribution in [-0.4, -0.2) is 19.8 Å². The van der Waals surface area contributed by atoms with Crippen molar-refractivity contribution in [2.24, 2.45) is 5.92 Å². The lowest BCUT2D eigenvalue weighted by atomic mass is 9.97. The third-order valence-corrected chi connectivity index (χ3v) is 3.44. The van der Waals surface area contributed by atoms with E-state index >= 15 is 0 Å². The highest BCUT2D eigenvalue weighted by atomic mass is 16.5. The minimum atomic E-state index is 0.736. The van der Waals surface area contributed by atoms with E-state index in [2.05, 4.69) is 25.2 Å². The number of nitrogens with one attached hydrogen (secondary N) is 1. The predicted molar refractivity (Wildman–Crippen MR) is 62.6 cm³/mol. The fraction of sp³-hybridized carbons (Fsp3) is 0.692. The Balaban J connectivity index is 1.96. The summed E-state index contributed by atoms with van der Waals surface area (Å²) in [6.07, 6.45) is 5.87. The molecule has 1 N–H and O–H groups in total. The SMILES string of the molecule is CCC1=C(C)C=C(CC2CCOC2)NC1. The van der Waals surface area contributed by atoms with E-state index in [4.69, 9.17) is 4.74 Å². The lowest BCUT2D eigenvalue weighted by Gasteiger charge is -2.21. The van der Waals surface area contributed by atoms with Gasteiger partial charge in [-0.15, -0.1) is 0 Å². The van der Waals surface area contributed by atoms with E-state index in [0.29, 0.717) is 0 Å². The Morgan fingerprint density at radius 1 is 1.53 bits per heavy atom. The summed E-state index contributed by atoms with van der Waals surface area (Å²) in [5, 5.41) is 3.53. The van der Waals surface area contributed by atoms with Crippen LogP contribution in [0.15, 0.2) is 22.9 Å². The van der Waals surface area contributed by atoms with E-state index < -0.39 is 0 Å². The summed E-state index contributed by atoms with van der Waals surface area (Å²) in [4.78, 5) is 0. The first-order chi connectivity index (χ1) is 7.29. The quantitative estimate of drug-likeness (QED) is 0.768. The van der Waals surface area contributed by atoms with Gasteiger partial charge in [0.1, 0.15) is 0 Å². The fourth-order valence-electron chi connectivity index (χ4n) is 2.36. The van der Waals surface area contributed by atoms with E-state index in [1.807, 2.05) is 0 Å². The van der Waals surface area contributed by atoms with Crippen LogP contribution in [0, 0.1) is 5.92 Å². The first kappa shape index (κ1) is 10.7. The normalized spacial score (nSPS) is 26.5. The molecule has 0 radical (unpaired) electrons. The van der Waals surface area contributed by atoms with Crippen LogP contribution < -0.4 is 5.32 Å². The van der Waals surface area contributed by atoms with Gasteiger partial charge in [-0.25, -0.2) is 0 Å². The van der Waals surface area contributed by atoms with Crippen LogP contribution in [0.5, 0.6) is 0 Å². The van der Waals surface area contributed by atoms with E-state index in [0.717, 1.165) is 38.5 Å². The van der Waals surface area contributed by atoms with Crippen molar-refractivity contribution in [3.8, 4) is 0 Å². The van der Waals surface area contributed by atoms with Gasteiger partial charge in [0.05, 0.1) is 0 Å². The summed E-state index contributed by atoms with van der Waals surface area (Å²) >= 11 is 0. The zero-order chi connectivity index (χ0) is 10.7. The molecule has 1 unspecified atom stereocenters. The van der Waals surface area contributed by atoms with Crippen LogP contribution in [-0.2, 0) is 4.74 Å². The van der Waals surface area contributed by atoms with Gasteiger partial charge in [0.15, 0.2) is 0 Å². The standard InChI is InChI=1S/C13H21NO/c1-3-12-8-14-13(6-10(12)2)7-11-4-5-15-9-11/h6,11,14H,3-5,7-9H2,1-2H3. The summed E-state index contributed by atoms with van der Waals surface area (Å²) in [6.45, 7) is 7.39. The Kier molecular flexibility index (Phi) is 3.47. The van der Waals surface area contributed by atoms with Gasteiger partial charge < -0.3 is 10.1 Å². The molecular weight excluding hydrogens is 186 g/mol. The van der Waals surface area contributed by atoms with Gasteiger partial charge >= 0.3 is 0 Å². The van der Waals surface area contributed by atoms with E-state index in [1.54, 1.807) is 5.57 Å². The average Bonchev–Trinajstić information content (AvgIpc) is 2.71. The summed E-state index contributed by atoms with van der Waals surface area (Å²) < 4.78 is 5.40. The monoisotopic (exact) mass is 207 g/mol. The number of dihydropyridines is 1. The smallest absolute Gasteiger partial charge is 0.0498 e. The van der Waals surface area contributed by atoms with Crippen LogP contribution in [0.3, 0.4) is 0 Å². The first-order valence-corrected chi connectivity index (χ1v) is 6.00. The van der Waals surface area contributed by atoms with Crippen molar-refractivity contribution in [1.29, 1.82) is 0 Å². The Morgan fingerprint density at radius 3 is 3.00 bits per heavy atom. The number of rotatable bonds is 3. The van der Waals surface area contributed by atoms with Gasteiger partial charge in [0.2, 0.25) is 0 Å². The molecule has 1 atom stereocenters. The van der Waals surface area contributed by atoms with Crippen molar-refractivity contribution < 1.29 is 4.74 Å². The number of ether oxygens (including phenoxy) is 1. The van der Waals surface area contributed by atoms with Crippen molar-refractivity contribution in [3.63, 3.8) is 0 Å². The third kappa shape index (κ3) is 2.63. The molecular formula is C13H21NO. The van der Waals surface area contributed by atoms with Crippen molar-refractivity contribution in [2.75, 3.05) is 19.8 Å². The van der Waals surface area contributed by atoms with E-state index in [-0.39, 0.29) is 0 Å². The molecule has 84 valence electrons. The van der Waals surface area contributed by atoms with Crippen LogP contribution in [0.4, 0.5) is 0 Å². The van der Waals surface area contributed by atoms with Gasteiger partial charge in [-0.05, 0) is 49.3 Å². The second kappa shape index (κ2) is 4.84. The lowest BCUT2D eigenvalue weighted by Crippen LogP contribution is -2.23. The Bertz CT molecular complexity index is 285. The summed E-state index contributed by atoms with van der Waals surface area (Å²) in [7, 11) is 0. The lowest BCUT2D eigenvalue weighted by molar-refractivity contribution is 0.185. The maximum absolute atomic E-state index is 5.40. The third-order valence-electron chi connectivity index (χ3n) is 3.44. The minimum Gasteiger partial charge on any atom is -0.385 e. The molecule has 0 saturated carbocycles. The van der Waals surface area contributed by atoms with Crippen LogP contribution in [0.2, 0.25) is 0 Å². The molecule has 0 aromatic heterocycles. The molecule has 0 aromatic rings. The molecule has 2 rings (SSSR count). The molecule has 2 nitrogen and oxygen atoms in total. The Labute approximate surface area is 92.4 Å². The predicted octanol–water partition coefficient (Wildman–Crippen LogP) is 2.63. The second-order valence-electron chi connectivity index (χ2n) is 4.60. The highest BCUT2D eigenvalue weighted by Gasteiger charge is 2.18. The number of hydrogen-bond acceptors (Lipinski definition) is 2. The fourth-order valence-corrected chi connectivity index (χ4v) is 2.36. The van der Waals surface area contributed by atoms with Gasteiger partial charge in [-0.3, -0.25) is 0 Å². The molecule has 0 aliphatic carbocycles. The molecule has 0 aromatic carbocycles. The molecule has 1 saturated heterocycles. The van der Waals surface area contributed by atoms with Crippen LogP contribution >= 0.6 is 0 Å². The Morgan fingerprint density at radius 2 is 2.40 bits per heavy atom. The largest absolute Gasteiger partial charge is 0.385 e. The van der Waals surface area contributed by atoms with Crippen molar-refractivity contribution in [2.45, 2.75) is 33.1 Å². The molecule has 0 amide bonds. The number of allylic oxidation sites excluding steroid dienone is 3. The molecule has 2 heteroatoms. The van der Waals surface area contributed by atoms with E-state index in [1.165, 1.54) is 17.7 Å². The highest BCUT2D eigenvalue weighted by molar-refractivity contribution is 5.32. The van der Waals surface area contributed by atoms with Crippen molar-refractivity contribution in [1.82, 2.24) is 5.32 Å². The molecule has 0 spiro atoms. The molecule has 1 fully saturated rings. The van der Waals surface area contributed by atoms with Crippen molar-refractivity contribution in [3.05, 3.63) is 22.9 Å². The second-order valence-corrected chi connectivity index (χ2v) is 4.60. The average molecular weight is 207 g/mol. The molecule has 2 heterocycles. The van der Waals surface area contributed by atoms with Gasteiger partial charge in [-0.2, -0.15) is 0 Å². The maximum Gasteiger partial charge on any atom is 0.0498 e. The topological polar surface area (TPSA) is 21.3 Å². The molecule has 0 bridgehead atoms. The summed E-state index contributed by atoms with van der Waals surface area (Å²) in [6, 6.07) is 0. The molecule has 15 heavy (non-hydrogen) atoms. The molecule has 2 aliphatic rings.